The van der Waals surface area contributed by atoms with Crippen LogP contribution in [-0.4, -0.2) is 99.9 Å². The Morgan fingerprint density at radius 2 is 1.48 bits per heavy atom. The number of imide groups is 1. The third-order valence-corrected chi connectivity index (χ3v) is 12.2. The number of nitrogens with zero attached hydrogens (tertiary/aromatic N) is 8. The van der Waals surface area contributed by atoms with Crippen LogP contribution < -0.4 is 25.6 Å². The lowest BCUT2D eigenvalue weighted by Crippen LogP contribution is -2.50. The Balaban J connectivity index is 0.781. The summed E-state index contributed by atoms with van der Waals surface area (Å²) in [7, 11) is 0. The van der Waals surface area contributed by atoms with E-state index < -0.39 is 0 Å². The van der Waals surface area contributed by atoms with Crippen LogP contribution in [0.2, 0.25) is 0 Å². The number of aromatic nitrogens is 4. The van der Waals surface area contributed by atoms with Crippen molar-refractivity contribution >= 4 is 40.2 Å². The van der Waals surface area contributed by atoms with Crippen LogP contribution in [-0.2, 0) is 4.79 Å². The van der Waals surface area contributed by atoms with Crippen molar-refractivity contribution in [3.05, 3.63) is 85.2 Å². The van der Waals surface area contributed by atoms with Gasteiger partial charge in [-0.15, -0.1) is 0 Å². The fourth-order valence-corrected chi connectivity index (χ4v) is 9.13. The molecule has 4 aliphatic rings. The highest BCUT2D eigenvalue weighted by molar-refractivity contribution is 6.05. The van der Waals surface area contributed by atoms with Crippen molar-refractivity contribution in [1.82, 2.24) is 34.9 Å². The minimum absolute atomic E-state index is 0.211. The normalized spacial score (nSPS) is 20.8. The van der Waals surface area contributed by atoms with Gasteiger partial charge in [0.05, 0.1) is 11.4 Å². The summed E-state index contributed by atoms with van der Waals surface area (Å²) in [5, 5.41) is 8.41. The van der Waals surface area contributed by atoms with Gasteiger partial charge in [0, 0.05) is 62.1 Å². The molecule has 13 nitrogen and oxygen atoms in total. The number of nitrogens with two attached hydrogens (primary N) is 1. The summed E-state index contributed by atoms with van der Waals surface area (Å²) in [5.41, 5.74) is 11.1. The lowest BCUT2D eigenvalue weighted by Gasteiger charge is -2.43. The molecule has 0 saturated carbocycles. The number of urea groups is 1. The minimum Gasteiger partial charge on any atom is -0.457 e. The van der Waals surface area contributed by atoms with Crippen LogP contribution in [0.4, 0.5) is 22.0 Å². The van der Waals surface area contributed by atoms with Crippen LogP contribution >= 0.6 is 0 Å². The van der Waals surface area contributed by atoms with Gasteiger partial charge in [-0.3, -0.25) is 19.9 Å². The number of hydrogen-bond donors (Lipinski definition) is 2. The van der Waals surface area contributed by atoms with Crippen LogP contribution in [0.3, 0.4) is 0 Å². The molecule has 9 rings (SSSR count). The zero-order valence-electron chi connectivity index (χ0n) is 31.8. The molecule has 4 fully saturated rings. The number of rotatable bonds is 9. The predicted molar refractivity (Wildman–Crippen MR) is 218 cm³/mol. The molecule has 5 aromatic rings. The smallest absolute Gasteiger partial charge is 0.328 e. The Morgan fingerprint density at radius 1 is 0.750 bits per heavy atom. The Morgan fingerprint density at radius 3 is 2.23 bits per heavy atom. The maximum absolute atomic E-state index is 12.3. The summed E-state index contributed by atoms with van der Waals surface area (Å²) < 4.78 is 8.16. The fourth-order valence-electron chi connectivity index (χ4n) is 9.13. The lowest BCUT2D eigenvalue weighted by molar-refractivity contribution is -0.120. The average molecular weight is 755 g/mol. The third-order valence-electron chi connectivity index (χ3n) is 12.2. The average Bonchev–Trinajstić information content (AvgIpc) is 3.63. The number of amides is 3. The Labute approximate surface area is 327 Å². The van der Waals surface area contributed by atoms with Gasteiger partial charge in [0.2, 0.25) is 5.91 Å². The van der Waals surface area contributed by atoms with E-state index in [4.69, 9.17) is 20.6 Å². The van der Waals surface area contributed by atoms with Crippen LogP contribution in [0.25, 0.3) is 22.3 Å². The summed E-state index contributed by atoms with van der Waals surface area (Å²) in [5.74, 6) is 2.51. The molecular formula is C43H50N10O3. The topological polar surface area (TPSA) is 138 Å². The van der Waals surface area contributed by atoms with Crippen molar-refractivity contribution in [2.24, 2.45) is 5.92 Å². The molecular weight excluding hydrogens is 705 g/mol. The third kappa shape index (κ3) is 7.65. The number of carbonyl (C=O) groups is 2. The minimum atomic E-state index is -0.341. The number of fused-ring (bicyclic) bond motifs is 1. The van der Waals surface area contributed by atoms with Gasteiger partial charge < -0.3 is 20.3 Å². The molecule has 3 amide bonds. The van der Waals surface area contributed by atoms with E-state index in [1.165, 1.54) is 37.9 Å². The maximum atomic E-state index is 12.3. The van der Waals surface area contributed by atoms with Crippen molar-refractivity contribution in [3.63, 3.8) is 0 Å². The van der Waals surface area contributed by atoms with E-state index in [0.29, 0.717) is 30.7 Å². The number of nitrogens with one attached hydrogen (secondary N) is 1. The van der Waals surface area contributed by atoms with E-state index in [9.17, 15) is 9.59 Å². The van der Waals surface area contributed by atoms with E-state index >= 15 is 0 Å². The zero-order valence-corrected chi connectivity index (χ0v) is 31.8. The highest BCUT2D eigenvalue weighted by Gasteiger charge is 2.33. The van der Waals surface area contributed by atoms with Gasteiger partial charge in [0.1, 0.15) is 29.3 Å². The first-order chi connectivity index (χ1) is 27.4. The Hall–Kier alpha value is -5.53. The molecule has 0 radical (unpaired) electrons. The molecule has 2 aromatic heterocycles. The zero-order chi connectivity index (χ0) is 38.0. The number of ether oxygens (including phenoxy) is 1. The number of hydrogen-bond acceptors (Lipinski definition) is 10. The molecule has 0 aliphatic carbocycles. The van der Waals surface area contributed by atoms with Crippen molar-refractivity contribution in [3.8, 4) is 22.8 Å². The number of benzene rings is 3. The summed E-state index contributed by atoms with van der Waals surface area (Å²) in [6, 6.07) is 26.4. The monoisotopic (exact) mass is 754 g/mol. The molecule has 0 bridgehead atoms. The molecule has 290 valence electrons. The molecule has 56 heavy (non-hydrogen) atoms. The quantitative estimate of drug-likeness (QED) is 0.176. The summed E-state index contributed by atoms with van der Waals surface area (Å²) in [4.78, 5) is 42.4. The Kier molecular flexibility index (Phi) is 10.3. The van der Waals surface area contributed by atoms with E-state index in [-0.39, 0.29) is 18.0 Å². The summed E-state index contributed by atoms with van der Waals surface area (Å²) >= 11 is 0. The van der Waals surface area contributed by atoms with Crippen molar-refractivity contribution in [1.29, 1.82) is 0 Å². The van der Waals surface area contributed by atoms with Crippen molar-refractivity contribution < 1.29 is 14.3 Å². The van der Waals surface area contributed by atoms with Crippen LogP contribution in [0.1, 0.15) is 51.0 Å². The SMILES string of the molecule is Nc1ncnc2c1c(-c1ccc(Oc3ccccc3)cc1)nn2[C@H]1CCCN(C2CCN(CC3CCN(c4ccc(N5CCC(=O)NC5=O)cc4)CC3)CC2)C1. The molecule has 3 N–H and O–H groups in total. The second-order valence-electron chi connectivity index (χ2n) is 15.7. The number of anilines is 3. The second kappa shape index (κ2) is 15.9. The molecule has 0 spiro atoms. The molecule has 0 unspecified atom stereocenters. The molecule has 13 heteroatoms. The molecule has 4 saturated heterocycles. The van der Waals surface area contributed by atoms with Gasteiger partial charge >= 0.3 is 6.03 Å². The lowest BCUT2D eigenvalue weighted by atomic mass is 9.93. The first-order valence-corrected chi connectivity index (χ1v) is 20.2. The predicted octanol–water partition coefficient (Wildman–Crippen LogP) is 6.33. The summed E-state index contributed by atoms with van der Waals surface area (Å²) in [6.45, 7) is 8.05. The van der Waals surface area contributed by atoms with Gasteiger partial charge in [0.25, 0.3) is 0 Å². The number of para-hydroxylation sites is 1. The van der Waals surface area contributed by atoms with Crippen molar-refractivity contribution in [2.75, 3.05) is 67.9 Å². The van der Waals surface area contributed by atoms with Crippen LogP contribution in [0.5, 0.6) is 11.5 Å². The highest BCUT2D eigenvalue weighted by Crippen LogP contribution is 2.36. The van der Waals surface area contributed by atoms with Crippen molar-refractivity contribution in [2.45, 2.75) is 57.0 Å². The standard InChI is InChI=1S/C43H50N10O3/c44-41-39-40(31-8-14-37(15-9-31)56-36-6-2-1-3-7-36)48-53(42(39)46-29-45-41)35-5-4-21-51(28-35)33-18-22-49(23-19-33)27-30-16-24-50(25-17-30)32-10-12-34(13-11-32)52-26-20-38(54)47-43(52)55/h1-3,6-15,29-30,33,35H,4-5,16-28H2,(H2,44,45,46)(H,47,54,55)/t35-/m0/s1. The number of carbonyl (C=O) groups excluding carboxylic acids is 2. The molecule has 4 aliphatic heterocycles. The van der Waals surface area contributed by atoms with Gasteiger partial charge in [0.15, 0.2) is 5.65 Å². The van der Waals surface area contributed by atoms with Gasteiger partial charge in [-0.2, -0.15) is 5.10 Å². The van der Waals surface area contributed by atoms with E-state index in [0.717, 1.165) is 91.6 Å². The number of piperidine rings is 3. The number of nitrogen functional groups attached to an aromatic ring is 1. The fraction of sp³-hybridized carbons (Fsp3) is 0.419. The Bertz CT molecular complexity index is 2140. The molecule has 6 heterocycles. The number of likely N-dealkylation sites (tertiary alicyclic amines) is 2. The highest BCUT2D eigenvalue weighted by atomic mass is 16.5. The van der Waals surface area contributed by atoms with Gasteiger partial charge in [-0.1, -0.05) is 18.2 Å². The second-order valence-corrected chi connectivity index (χ2v) is 15.7. The largest absolute Gasteiger partial charge is 0.457 e. The molecule has 3 aromatic carbocycles. The van der Waals surface area contributed by atoms with E-state index in [1.807, 2.05) is 66.7 Å². The maximum Gasteiger partial charge on any atom is 0.328 e. The van der Waals surface area contributed by atoms with Crippen LogP contribution in [0, 0.1) is 5.92 Å². The van der Waals surface area contributed by atoms with Gasteiger partial charge in [-0.05, 0) is 125 Å². The first-order valence-electron chi connectivity index (χ1n) is 20.2. The first kappa shape index (κ1) is 36.1. The van der Waals surface area contributed by atoms with E-state index in [1.54, 1.807) is 11.2 Å². The van der Waals surface area contributed by atoms with Gasteiger partial charge in [-0.25, -0.2) is 19.4 Å². The van der Waals surface area contributed by atoms with E-state index in [2.05, 4.69) is 41.8 Å². The molecule has 1 atom stereocenters. The van der Waals surface area contributed by atoms with Crippen LogP contribution in [0.15, 0.2) is 85.2 Å². The summed E-state index contributed by atoms with van der Waals surface area (Å²) in [6.07, 6.45) is 8.83.